The van der Waals surface area contributed by atoms with E-state index in [1.165, 1.54) is 0 Å². The lowest BCUT2D eigenvalue weighted by Gasteiger charge is -1.85. The third kappa shape index (κ3) is 0.353. The first-order valence-corrected chi connectivity index (χ1v) is 2.98. The van der Waals surface area contributed by atoms with E-state index in [1.807, 2.05) is 0 Å². The average Bonchev–Trinajstić information content (AvgIpc) is 2.54. The van der Waals surface area contributed by atoms with E-state index in [-0.39, 0.29) is 0 Å². The third-order valence-corrected chi connectivity index (χ3v) is 2.49. The van der Waals surface area contributed by atoms with Gasteiger partial charge in [-0.2, -0.15) is 0 Å². The molecule has 50 valence electrons. The number of rotatable bonds is 1. The van der Waals surface area contributed by atoms with Crippen LogP contribution in [-0.4, -0.2) is 12.2 Å². The molecule has 0 radical (unpaired) electrons. The largest absolute Gasteiger partial charge is 0.303 e. The molecule has 1 spiro atoms. The number of carbonyl (C=O) groups is 1. The Kier molecular flexibility index (Phi) is 0.618. The highest BCUT2D eigenvalue weighted by Crippen LogP contribution is 2.79. The second kappa shape index (κ2) is 1.04. The molecule has 2 aliphatic rings. The van der Waals surface area contributed by atoms with Crippen LogP contribution in [0.25, 0.3) is 0 Å². The quantitative estimate of drug-likeness (QED) is 0.490. The molecule has 1 nitrogen and oxygen atoms in total. The average molecular weight is 132 g/mol. The van der Waals surface area contributed by atoms with E-state index in [0.717, 1.165) is 0 Å². The number of hydrogen-bond donors (Lipinski definition) is 0. The van der Waals surface area contributed by atoms with Gasteiger partial charge in [-0.05, 0) is 12.8 Å². The Morgan fingerprint density at radius 3 is 2.11 bits per heavy atom. The molecule has 1 unspecified atom stereocenters. The van der Waals surface area contributed by atoms with Crippen molar-refractivity contribution in [2.45, 2.75) is 18.8 Å². The molecule has 0 heterocycles. The maximum absolute atomic E-state index is 12.4. The van der Waals surface area contributed by atoms with E-state index in [1.54, 1.807) is 0 Å². The molecule has 0 N–H and O–H groups in total. The topological polar surface area (TPSA) is 17.1 Å². The van der Waals surface area contributed by atoms with Crippen LogP contribution in [0.15, 0.2) is 0 Å². The summed E-state index contributed by atoms with van der Waals surface area (Å²) in [6.07, 6.45) is 1.49. The van der Waals surface area contributed by atoms with Gasteiger partial charge in [0.05, 0.1) is 11.3 Å². The van der Waals surface area contributed by atoms with Gasteiger partial charge in [-0.1, -0.05) is 0 Å². The highest BCUT2D eigenvalue weighted by molar-refractivity contribution is 5.66. The Hall–Kier alpha value is -0.470. The van der Waals surface area contributed by atoms with E-state index in [2.05, 4.69) is 0 Å². The van der Waals surface area contributed by atoms with Gasteiger partial charge < -0.3 is 4.79 Å². The summed E-state index contributed by atoms with van der Waals surface area (Å²) in [6, 6.07) is 0. The molecule has 2 fully saturated rings. The number of halogens is 2. The van der Waals surface area contributed by atoms with E-state index in [4.69, 9.17) is 0 Å². The highest BCUT2D eigenvalue weighted by Gasteiger charge is 2.86. The predicted octanol–water partition coefficient (Wildman–Crippen LogP) is 1.23. The maximum atomic E-state index is 12.4. The molecule has 0 aliphatic heterocycles. The number of hydrogen-bond acceptors (Lipinski definition) is 1. The van der Waals surface area contributed by atoms with Gasteiger partial charge in [0.1, 0.15) is 6.29 Å². The molecule has 2 saturated carbocycles. The first kappa shape index (κ1) is 5.33. The summed E-state index contributed by atoms with van der Waals surface area (Å²) in [5.74, 6) is -3.58. The number of alkyl halides is 2. The smallest absolute Gasteiger partial charge is 0.264 e. The molecule has 0 amide bonds. The standard InChI is InChI=1S/C6H6F2O/c7-6(8)4(3-9)5(6)1-2-5/h3-4H,1-2H2. The molecule has 0 saturated heterocycles. The second-order valence-corrected chi connectivity index (χ2v) is 2.89. The van der Waals surface area contributed by atoms with Gasteiger partial charge in [-0.25, -0.2) is 8.78 Å². The molecule has 1 atom stereocenters. The number of aldehydes is 1. The van der Waals surface area contributed by atoms with Gasteiger partial charge in [0.15, 0.2) is 0 Å². The Balaban J connectivity index is 2.24. The van der Waals surface area contributed by atoms with Crippen molar-refractivity contribution in [3.63, 3.8) is 0 Å². The van der Waals surface area contributed by atoms with Crippen molar-refractivity contribution in [3.8, 4) is 0 Å². The van der Waals surface area contributed by atoms with Crippen molar-refractivity contribution in [1.82, 2.24) is 0 Å². The minimum absolute atomic E-state index is 0.396. The monoisotopic (exact) mass is 132 g/mol. The SMILES string of the molecule is O=CC1C(F)(F)C12CC2. The fraction of sp³-hybridized carbons (Fsp3) is 0.833. The fourth-order valence-corrected chi connectivity index (χ4v) is 1.53. The van der Waals surface area contributed by atoms with Gasteiger partial charge in [0, 0.05) is 0 Å². The van der Waals surface area contributed by atoms with Crippen molar-refractivity contribution in [3.05, 3.63) is 0 Å². The molecular weight excluding hydrogens is 126 g/mol. The van der Waals surface area contributed by atoms with Crippen molar-refractivity contribution < 1.29 is 13.6 Å². The van der Waals surface area contributed by atoms with E-state index in [9.17, 15) is 13.6 Å². The zero-order chi connectivity index (χ0) is 6.70. The Morgan fingerprint density at radius 1 is 1.44 bits per heavy atom. The molecule has 0 aromatic heterocycles. The predicted molar refractivity (Wildman–Crippen MR) is 26.2 cm³/mol. The summed E-state index contributed by atoms with van der Waals surface area (Å²) in [6.45, 7) is 0. The molecule has 0 bridgehead atoms. The summed E-state index contributed by atoms with van der Waals surface area (Å²) in [4.78, 5) is 9.96. The second-order valence-electron chi connectivity index (χ2n) is 2.89. The van der Waals surface area contributed by atoms with E-state index >= 15 is 0 Å². The molecule has 0 aromatic rings. The first-order chi connectivity index (χ1) is 4.15. The van der Waals surface area contributed by atoms with Gasteiger partial charge in [0.2, 0.25) is 0 Å². The lowest BCUT2D eigenvalue weighted by molar-refractivity contribution is -0.110. The number of carbonyl (C=O) groups excluding carboxylic acids is 1. The summed E-state index contributed by atoms with van der Waals surface area (Å²) in [5, 5.41) is 0. The summed E-state index contributed by atoms with van der Waals surface area (Å²) in [5.41, 5.74) is -0.839. The lowest BCUT2D eigenvalue weighted by atomic mass is 10.3. The van der Waals surface area contributed by atoms with Gasteiger partial charge in [0.25, 0.3) is 5.92 Å². The van der Waals surface area contributed by atoms with Gasteiger partial charge in [-0.3, -0.25) is 0 Å². The fourth-order valence-electron chi connectivity index (χ4n) is 1.53. The highest BCUT2D eigenvalue weighted by atomic mass is 19.3. The molecule has 9 heavy (non-hydrogen) atoms. The molecule has 2 aliphatic carbocycles. The van der Waals surface area contributed by atoms with Crippen LogP contribution in [0.1, 0.15) is 12.8 Å². The van der Waals surface area contributed by atoms with E-state index < -0.39 is 17.3 Å². The van der Waals surface area contributed by atoms with Gasteiger partial charge in [-0.15, -0.1) is 0 Å². The van der Waals surface area contributed by atoms with Crippen LogP contribution in [-0.2, 0) is 4.79 Å². The summed E-state index contributed by atoms with van der Waals surface area (Å²) in [7, 11) is 0. The van der Waals surface area contributed by atoms with Crippen LogP contribution in [0.5, 0.6) is 0 Å². The molecule has 0 aromatic carbocycles. The third-order valence-electron chi connectivity index (χ3n) is 2.49. The van der Waals surface area contributed by atoms with Crippen LogP contribution in [0, 0.1) is 11.3 Å². The maximum Gasteiger partial charge on any atom is 0.264 e. The van der Waals surface area contributed by atoms with Crippen LogP contribution >= 0.6 is 0 Å². The first-order valence-electron chi connectivity index (χ1n) is 2.98. The van der Waals surface area contributed by atoms with Crippen molar-refractivity contribution in [2.24, 2.45) is 11.3 Å². The molecule has 2 rings (SSSR count). The van der Waals surface area contributed by atoms with E-state index in [0.29, 0.717) is 19.1 Å². The zero-order valence-electron chi connectivity index (χ0n) is 4.73. The Morgan fingerprint density at radius 2 is 2.00 bits per heavy atom. The normalized spacial score (nSPS) is 40.4. The van der Waals surface area contributed by atoms with Crippen LogP contribution in [0.3, 0.4) is 0 Å². The summed E-state index contributed by atoms with van der Waals surface area (Å²) < 4.78 is 24.8. The van der Waals surface area contributed by atoms with Crippen molar-refractivity contribution >= 4 is 6.29 Å². The van der Waals surface area contributed by atoms with Crippen molar-refractivity contribution in [1.29, 1.82) is 0 Å². The van der Waals surface area contributed by atoms with Gasteiger partial charge >= 0.3 is 0 Å². The minimum Gasteiger partial charge on any atom is -0.303 e. The molecular formula is C6H6F2O. The Labute approximate surface area is 51.0 Å². The Bertz CT molecular complexity index is 168. The van der Waals surface area contributed by atoms with Crippen LogP contribution in [0.2, 0.25) is 0 Å². The summed E-state index contributed by atoms with van der Waals surface area (Å²) >= 11 is 0. The molecule has 3 heteroatoms. The zero-order valence-corrected chi connectivity index (χ0v) is 4.73. The van der Waals surface area contributed by atoms with Crippen LogP contribution < -0.4 is 0 Å². The lowest BCUT2D eigenvalue weighted by Crippen LogP contribution is -1.94. The minimum atomic E-state index is -2.64. The van der Waals surface area contributed by atoms with Crippen molar-refractivity contribution in [2.75, 3.05) is 0 Å². The van der Waals surface area contributed by atoms with Crippen LogP contribution in [0.4, 0.5) is 8.78 Å².